The molecule has 0 radical (unpaired) electrons. The average Bonchev–Trinajstić information content (AvgIpc) is 3.17. The van der Waals surface area contributed by atoms with Crippen LogP contribution in [0.1, 0.15) is 43.2 Å². The van der Waals surface area contributed by atoms with Crippen molar-refractivity contribution in [3.63, 3.8) is 0 Å². The van der Waals surface area contributed by atoms with E-state index in [2.05, 4.69) is 5.32 Å². The van der Waals surface area contributed by atoms with E-state index in [4.69, 9.17) is 5.11 Å². The van der Waals surface area contributed by atoms with E-state index < -0.39 is 12.0 Å². The van der Waals surface area contributed by atoms with Crippen LogP contribution in [0.15, 0.2) is 24.3 Å². The third kappa shape index (κ3) is 4.00. The molecule has 0 aromatic heterocycles. The van der Waals surface area contributed by atoms with Gasteiger partial charge in [0.1, 0.15) is 6.04 Å². The summed E-state index contributed by atoms with van der Waals surface area (Å²) in [6.45, 7) is 2.44. The number of hydrogen-bond acceptors (Lipinski definition) is 3. The van der Waals surface area contributed by atoms with Crippen LogP contribution in [0.5, 0.6) is 0 Å². The van der Waals surface area contributed by atoms with Crippen LogP contribution in [0.3, 0.4) is 0 Å². The van der Waals surface area contributed by atoms with Crippen molar-refractivity contribution in [3.8, 4) is 0 Å². The first kappa shape index (κ1) is 17.5. The van der Waals surface area contributed by atoms with E-state index in [9.17, 15) is 14.4 Å². The molecule has 1 saturated carbocycles. The monoisotopic (exact) mass is 344 g/mol. The summed E-state index contributed by atoms with van der Waals surface area (Å²) >= 11 is 0. The Balaban J connectivity index is 1.61. The summed E-state index contributed by atoms with van der Waals surface area (Å²) in [6.07, 6.45) is 2.65. The number of nitrogens with one attached hydrogen (secondary N) is 1. The standard InChI is InChI=1S/C19H24N2O4/c1-12-2-4-13(5-3-12)11-21-16(8-9-17(21)22)18(23)20-15-7-6-14(10-15)19(24)25/h2-5,14-16H,6-11H2,1H3,(H,20,23)(H,24,25)/t14-,15+,16?/m1/s1. The van der Waals surface area contributed by atoms with Crippen molar-refractivity contribution in [1.82, 2.24) is 10.2 Å². The lowest BCUT2D eigenvalue weighted by atomic mass is 10.1. The molecule has 1 heterocycles. The van der Waals surface area contributed by atoms with Crippen molar-refractivity contribution in [2.75, 3.05) is 0 Å². The van der Waals surface area contributed by atoms with Gasteiger partial charge in [0.2, 0.25) is 11.8 Å². The lowest BCUT2D eigenvalue weighted by molar-refractivity contribution is -0.141. The number of hydrogen-bond donors (Lipinski definition) is 2. The zero-order valence-electron chi connectivity index (χ0n) is 14.4. The van der Waals surface area contributed by atoms with Gasteiger partial charge in [-0.15, -0.1) is 0 Å². The number of benzene rings is 1. The van der Waals surface area contributed by atoms with Gasteiger partial charge < -0.3 is 15.3 Å². The number of carbonyl (C=O) groups excluding carboxylic acids is 2. The van der Waals surface area contributed by atoms with Gasteiger partial charge >= 0.3 is 5.97 Å². The first-order valence-electron chi connectivity index (χ1n) is 8.82. The molecular weight excluding hydrogens is 320 g/mol. The van der Waals surface area contributed by atoms with Crippen LogP contribution in [-0.4, -0.2) is 39.9 Å². The second-order valence-corrected chi connectivity index (χ2v) is 7.12. The van der Waals surface area contributed by atoms with Crippen molar-refractivity contribution < 1.29 is 19.5 Å². The molecule has 1 aromatic rings. The number of likely N-dealkylation sites (tertiary alicyclic amines) is 1. The van der Waals surface area contributed by atoms with Crippen LogP contribution in [0.25, 0.3) is 0 Å². The molecular formula is C19H24N2O4. The number of carbonyl (C=O) groups is 3. The van der Waals surface area contributed by atoms with Crippen molar-refractivity contribution in [2.24, 2.45) is 5.92 Å². The van der Waals surface area contributed by atoms with Gasteiger partial charge in [0.25, 0.3) is 0 Å². The molecule has 134 valence electrons. The summed E-state index contributed by atoms with van der Waals surface area (Å²) in [4.78, 5) is 37.5. The van der Waals surface area contributed by atoms with Gasteiger partial charge in [-0.2, -0.15) is 0 Å². The zero-order valence-corrected chi connectivity index (χ0v) is 14.4. The number of amides is 2. The molecule has 1 aromatic carbocycles. The lowest BCUT2D eigenvalue weighted by Gasteiger charge is -2.25. The maximum atomic E-state index is 12.6. The SMILES string of the molecule is Cc1ccc(CN2C(=O)CCC2C(=O)N[C@H]2CC[C@@H](C(=O)O)C2)cc1. The van der Waals surface area contributed by atoms with Crippen molar-refractivity contribution in [3.05, 3.63) is 35.4 Å². The molecule has 2 fully saturated rings. The molecule has 0 bridgehead atoms. The Morgan fingerprint density at radius 2 is 1.92 bits per heavy atom. The molecule has 2 amide bonds. The molecule has 1 saturated heterocycles. The lowest BCUT2D eigenvalue weighted by Crippen LogP contribution is -2.47. The number of aliphatic carboxylic acids is 1. The smallest absolute Gasteiger partial charge is 0.306 e. The third-order valence-electron chi connectivity index (χ3n) is 5.23. The summed E-state index contributed by atoms with van der Waals surface area (Å²) in [5, 5.41) is 12.0. The van der Waals surface area contributed by atoms with E-state index in [0.29, 0.717) is 38.6 Å². The summed E-state index contributed by atoms with van der Waals surface area (Å²) in [5.41, 5.74) is 2.16. The molecule has 25 heavy (non-hydrogen) atoms. The van der Waals surface area contributed by atoms with Gasteiger partial charge in [-0.3, -0.25) is 14.4 Å². The summed E-state index contributed by atoms with van der Waals surface area (Å²) in [7, 11) is 0. The van der Waals surface area contributed by atoms with Crippen LogP contribution in [0, 0.1) is 12.8 Å². The van der Waals surface area contributed by atoms with Gasteiger partial charge in [-0.05, 0) is 38.2 Å². The van der Waals surface area contributed by atoms with E-state index in [1.807, 2.05) is 31.2 Å². The highest BCUT2D eigenvalue weighted by Gasteiger charge is 2.38. The molecule has 0 spiro atoms. The molecule has 1 aliphatic carbocycles. The predicted molar refractivity (Wildman–Crippen MR) is 91.7 cm³/mol. The minimum absolute atomic E-state index is 0.00411. The first-order valence-corrected chi connectivity index (χ1v) is 8.82. The fourth-order valence-corrected chi connectivity index (χ4v) is 3.73. The van der Waals surface area contributed by atoms with Crippen LogP contribution in [0.4, 0.5) is 0 Å². The number of carboxylic acids is 1. The van der Waals surface area contributed by atoms with Gasteiger partial charge in [-0.25, -0.2) is 0 Å². The second-order valence-electron chi connectivity index (χ2n) is 7.12. The van der Waals surface area contributed by atoms with Gasteiger partial charge in [-0.1, -0.05) is 29.8 Å². The number of rotatable bonds is 5. The fourth-order valence-electron chi connectivity index (χ4n) is 3.73. The highest BCUT2D eigenvalue weighted by atomic mass is 16.4. The van der Waals surface area contributed by atoms with Crippen molar-refractivity contribution >= 4 is 17.8 Å². The molecule has 6 nitrogen and oxygen atoms in total. The minimum Gasteiger partial charge on any atom is -0.481 e. The van der Waals surface area contributed by atoms with E-state index in [1.54, 1.807) is 4.90 Å². The number of carboxylic acid groups (broad SMARTS) is 1. The Morgan fingerprint density at radius 3 is 2.56 bits per heavy atom. The molecule has 2 N–H and O–H groups in total. The van der Waals surface area contributed by atoms with Gasteiger partial charge in [0.05, 0.1) is 5.92 Å². The maximum absolute atomic E-state index is 12.6. The minimum atomic E-state index is -0.797. The van der Waals surface area contributed by atoms with Gasteiger partial charge in [0, 0.05) is 19.0 Å². The third-order valence-corrected chi connectivity index (χ3v) is 5.23. The molecule has 3 rings (SSSR count). The van der Waals surface area contributed by atoms with Gasteiger partial charge in [0.15, 0.2) is 0 Å². The molecule has 6 heteroatoms. The maximum Gasteiger partial charge on any atom is 0.306 e. The summed E-state index contributed by atoms with van der Waals surface area (Å²) in [6, 6.07) is 7.38. The molecule has 3 atom stereocenters. The topological polar surface area (TPSA) is 86.7 Å². The highest BCUT2D eigenvalue weighted by Crippen LogP contribution is 2.27. The van der Waals surface area contributed by atoms with Crippen LogP contribution < -0.4 is 5.32 Å². The molecule has 1 aliphatic heterocycles. The van der Waals surface area contributed by atoms with E-state index in [1.165, 1.54) is 0 Å². The first-order chi connectivity index (χ1) is 11.9. The Hall–Kier alpha value is -2.37. The van der Waals surface area contributed by atoms with Crippen LogP contribution in [-0.2, 0) is 20.9 Å². The quantitative estimate of drug-likeness (QED) is 0.853. The van der Waals surface area contributed by atoms with E-state index in [-0.39, 0.29) is 23.8 Å². The second kappa shape index (κ2) is 7.25. The van der Waals surface area contributed by atoms with E-state index >= 15 is 0 Å². The molecule has 2 aliphatic rings. The zero-order chi connectivity index (χ0) is 18.0. The predicted octanol–water partition coefficient (Wildman–Crippen LogP) is 1.86. The van der Waals surface area contributed by atoms with E-state index in [0.717, 1.165) is 11.1 Å². The summed E-state index contributed by atoms with van der Waals surface area (Å²) < 4.78 is 0. The Labute approximate surface area is 147 Å². The highest BCUT2D eigenvalue weighted by molar-refractivity contribution is 5.91. The Bertz CT molecular complexity index is 671. The normalized spacial score (nSPS) is 26.0. The van der Waals surface area contributed by atoms with Crippen molar-refractivity contribution in [2.45, 2.75) is 57.7 Å². The average molecular weight is 344 g/mol. The Morgan fingerprint density at radius 1 is 1.20 bits per heavy atom. The number of aryl methyl sites for hydroxylation is 1. The fraction of sp³-hybridized carbons (Fsp3) is 0.526. The number of nitrogens with zero attached hydrogens (tertiary/aromatic N) is 1. The summed E-state index contributed by atoms with van der Waals surface area (Å²) in [5.74, 6) is -1.34. The van der Waals surface area contributed by atoms with Crippen LogP contribution in [0.2, 0.25) is 0 Å². The largest absolute Gasteiger partial charge is 0.481 e. The Kier molecular flexibility index (Phi) is 5.06. The van der Waals surface area contributed by atoms with Crippen LogP contribution >= 0.6 is 0 Å². The molecule has 1 unspecified atom stereocenters. The van der Waals surface area contributed by atoms with Crippen molar-refractivity contribution in [1.29, 1.82) is 0 Å².